The summed E-state index contributed by atoms with van der Waals surface area (Å²) in [6, 6.07) is 2.73. The molecule has 1 amide bonds. The number of hydrogen-bond donors (Lipinski definition) is 1. The second-order valence-electron chi connectivity index (χ2n) is 5.05. The molecule has 1 aromatic rings. The summed E-state index contributed by atoms with van der Waals surface area (Å²) in [5.41, 5.74) is 2.37. The van der Waals surface area contributed by atoms with Crippen LogP contribution in [-0.2, 0) is 4.79 Å². The fourth-order valence-corrected chi connectivity index (χ4v) is 1.29. The van der Waals surface area contributed by atoms with Crippen molar-refractivity contribution in [3.8, 4) is 0 Å². The van der Waals surface area contributed by atoms with E-state index in [9.17, 15) is 14.9 Å². The Labute approximate surface area is 128 Å². The number of carbonyl (C=O) groups excluding carboxylic acids is 1. The number of allylic oxidation sites excluding steroid dienone is 1. The molecule has 0 aliphatic rings. The third kappa shape index (κ3) is 7.85. The lowest BCUT2D eigenvalue weighted by molar-refractivity contribution is -0.862. The fourth-order valence-electron chi connectivity index (χ4n) is 1.29. The van der Waals surface area contributed by atoms with Crippen LogP contribution in [0.3, 0.4) is 0 Å². The van der Waals surface area contributed by atoms with Crippen molar-refractivity contribution in [1.82, 2.24) is 5.43 Å². The maximum absolute atomic E-state index is 11.4. The van der Waals surface area contributed by atoms with E-state index < -0.39 is 4.92 Å². The summed E-state index contributed by atoms with van der Waals surface area (Å²) in [5, 5.41) is 14.1. The van der Waals surface area contributed by atoms with E-state index in [0.29, 0.717) is 16.8 Å². The minimum Gasteiger partial charge on any atom is -1.00 e. The summed E-state index contributed by atoms with van der Waals surface area (Å²) in [6.45, 7) is 0.311. The summed E-state index contributed by atoms with van der Waals surface area (Å²) >= 11 is 0. The molecule has 0 aliphatic carbocycles. The molecule has 1 heterocycles. The molecule has 116 valence electrons. The number of hydrogen-bond acceptors (Lipinski definition) is 5. The molecule has 0 spiro atoms. The summed E-state index contributed by atoms with van der Waals surface area (Å²) in [4.78, 5) is 21.2. The molecule has 0 atom stereocenters. The number of hydrazone groups is 1. The molecule has 0 radical (unpaired) electrons. The zero-order chi connectivity index (χ0) is 15.2. The van der Waals surface area contributed by atoms with Gasteiger partial charge >= 0.3 is 5.88 Å². The minimum absolute atomic E-state index is 0. The maximum atomic E-state index is 11.4. The van der Waals surface area contributed by atoms with Gasteiger partial charge < -0.3 is 21.3 Å². The van der Waals surface area contributed by atoms with Crippen molar-refractivity contribution in [3.63, 3.8) is 0 Å². The first-order valence-corrected chi connectivity index (χ1v) is 5.81. The number of amides is 1. The summed E-state index contributed by atoms with van der Waals surface area (Å²) in [7, 11) is 5.69. The Kier molecular flexibility index (Phi) is 7.32. The first-order valence-electron chi connectivity index (χ1n) is 5.81. The Balaban J connectivity index is 0.00000400. The van der Waals surface area contributed by atoms with Gasteiger partial charge in [-0.15, -0.1) is 0 Å². The normalized spacial score (nSPS) is 11.6. The van der Waals surface area contributed by atoms with Crippen LogP contribution in [0.2, 0.25) is 0 Å². The van der Waals surface area contributed by atoms with Crippen LogP contribution in [0.15, 0.2) is 27.7 Å². The number of rotatable bonds is 6. The van der Waals surface area contributed by atoms with Crippen molar-refractivity contribution in [2.24, 2.45) is 5.10 Å². The van der Waals surface area contributed by atoms with Gasteiger partial charge in [0.25, 0.3) is 5.91 Å². The van der Waals surface area contributed by atoms with E-state index in [2.05, 4.69) is 10.5 Å². The Bertz CT molecular complexity index is 546. The molecule has 0 unspecified atom stereocenters. The zero-order valence-electron chi connectivity index (χ0n) is 11.9. The summed E-state index contributed by atoms with van der Waals surface area (Å²) in [5.74, 6) is -0.186. The monoisotopic (exact) mass is 316 g/mol. The predicted molar refractivity (Wildman–Crippen MR) is 73.9 cm³/mol. The van der Waals surface area contributed by atoms with Crippen molar-refractivity contribution in [1.29, 1.82) is 0 Å². The average Bonchev–Trinajstić information content (AvgIpc) is 2.75. The Morgan fingerprint density at radius 1 is 1.48 bits per heavy atom. The van der Waals surface area contributed by atoms with Crippen molar-refractivity contribution in [3.05, 3.63) is 34.1 Å². The van der Waals surface area contributed by atoms with E-state index in [4.69, 9.17) is 4.42 Å². The SMILES string of the molecule is C[N+](C)(C)CC(=O)N/N=C/C=C/c1ccc([N+](=O)[O-])o1.[Cl-]. The molecule has 1 rings (SSSR count). The average molecular weight is 317 g/mol. The molecule has 9 heteroatoms. The standard InChI is InChI=1S/C12H16N4O4.ClH/c1-16(2,3)9-11(17)14-13-8-4-5-10-6-7-12(20-10)15(18)19;/h4-8H,9H2,1-3H3;1H/b5-4+,13-8+;. The van der Waals surface area contributed by atoms with E-state index in [1.165, 1.54) is 30.5 Å². The van der Waals surface area contributed by atoms with Crippen molar-refractivity contribution in [2.45, 2.75) is 0 Å². The van der Waals surface area contributed by atoms with E-state index in [1.54, 1.807) is 0 Å². The molecule has 8 nitrogen and oxygen atoms in total. The highest BCUT2D eigenvalue weighted by Crippen LogP contribution is 2.16. The molecule has 0 saturated carbocycles. The highest BCUT2D eigenvalue weighted by atomic mass is 35.5. The van der Waals surface area contributed by atoms with Gasteiger partial charge in [-0.2, -0.15) is 5.10 Å². The van der Waals surface area contributed by atoms with Gasteiger partial charge in [-0.05, 0) is 18.2 Å². The largest absolute Gasteiger partial charge is 1.00 e. The summed E-state index contributed by atoms with van der Waals surface area (Å²) < 4.78 is 5.41. The second kappa shape index (κ2) is 8.18. The second-order valence-corrected chi connectivity index (χ2v) is 5.05. The van der Waals surface area contributed by atoms with Crippen molar-refractivity contribution < 1.29 is 31.0 Å². The number of carbonyl (C=O) groups is 1. The molecule has 21 heavy (non-hydrogen) atoms. The van der Waals surface area contributed by atoms with E-state index in [1.807, 2.05) is 21.1 Å². The fraction of sp³-hybridized carbons (Fsp3) is 0.333. The number of furan rings is 1. The van der Waals surface area contributed by atoms with Gasteiger partial charge in [-0.3, -0.25) is 14.9 Å². The van der Waals surface area contributed by atoms with Gasteiger partial charge in [0.2, 0.25) is 0 Å². The van der Waals surface area contributed by atoms with Crippen LogP contribution in [0.1, 0.15) is 5.76 Å². The third-order valence-corrected chi connectivity index (χ3v) is 2.02. The number of halogens is 1. The smallest absolute Gasteiger partial charge is 0.433 e. The predicted octanol–water partition coefficient (Wildman–Crippen LogP) is -1.99. The van der Waals surface area contributed by atoms with Crippen LogP contribution in [-0.4, -0.2) is 49.2 Å². The quantitative estimate of drug-likeness (QED) is 0.284. The van der Waals surface area contributed by atoms with Crippen LogP contribution >= 0.6 is 0 Å². The zero-order valence-corrected chi connectivity index (χ0v) is 12.7. The third-order valence-electron chi connectivity index (χ3n) is 2.02. The molecular formula is C12H17ClN4O4. The molecular weight excluding hydrogens is 300 g/mol. The van der Waals surface area contributed by atoms with E-state index in [-0.39, 0.29) is 24.2 Å². The maximum Gasteiger partial charge on any atom is 0.433 e. The van der Waals surface area contributed by atoms with Crippen LogP contribution < -0.4 is 17.8 Å². The number of quaternary nitrogens is 1. The first-order chi connectivity index (χ1) is 9.28. The molecule has 0 aliphatic heterocycles. The first kappa shape index (κ1) is 18.8. The molecule has 1 N–H and O–H groups in total. The Morgan fingerprint density at radius 2 is 2.14 bits per heavy atom. The van der Waals surface area contributed by atoms with Crippen molar-refractivity contribution in [2.75, 3.05) is 27.7 Å². The van der Waals surface area contributed by atoms with E-state index in [0.717, 1.165) is 0 Å². The lowest BCUT2D eigenvalue weighted by Crippen LogP contribution is -3.00. The Hall–Kier alpha value is -2.19. The van der Waals surface area contributed by atoms with Gasteiger partial charge in [0, 0.05) is 6.21 Å². The number of nitro groups is 1. The number of nitrogens with zero attached hydrogens (tertiary/aromatic N) is 3. The lowest BCUT2D eigenvalue weighted by atomic mass is 10.4. The molecule has 0 fully saturated rings. The molecule has 0 saturated heterocycles. The van der Waals surface area contributed by atoms with Crippen molar-refractivity contribution >= 4 is 24.1 Å². The number of likely N-dealkylation sites (N-methyl/N-ethyl adjacent to an activating group) is 1. The van der Waals surface area contributed by atoms with Gasteiger partial charge in [-0.25, -0.2) is 5.43 Å². The van der Waals surface area contributed by atoms with Gasteiger partial charge in [0.15, 0.2) is 6.54 Å². The van der Waals surface area contributed by atoms with Gasteiger partial charge in [0.05, 0.1) is 27.2 Å². The van der Waals surface area contributed by atoms with Crippen LogP contribution in [0.5, 0.6) is 0 Å². The van der Waals surface area contributed by atoms with E-state index >= 15 is 0 Å². The van der Waals surface area contributed by atoms with Gasteiger partial charge in [-0.1, -0.05) is 0 Å². The molecule has 1 aromatic heterocycles. The van der Waals surface area contributed by atoms with Gasteiger partial charge in [0.1, 0.15) is 10.7 Å². The van der Waals surface area contributed by atoms with Crippen LogP contribution in [0, 0.1) is 10.1 Å². The van der Waals surface area contributed by atoms with Crippen LogP contribution in [0.25, 0.3) is 6.08 Å². The minimum atomic E-state index is -0.615. The lowest BCUT2D eigenvalue weighted by Gasteiger charge is -2.21. The highest BCUT2D eigenvalue weighted by molar-refractivity contribution is 5.81. The molecule has 0 bridgehead atoms. The Morgan fingerprint density at radius 3 is 2.67 bits per heavy atom. The molecule has 0 aromatic carbocycles. The highest BCUT2D eigenvalue weighted by Gasteiger charge is 2.13. The summed E-state index contributed by atoms with van der Waals surface area (Å²) in [6.07, 6.45) is 4.37. The topological polar surface area (TPSA) is 97.7 Å². The number of nitrogens with one attached hydrogen (secondary N) is 1. The van der Waals surface area contributed by atoms with Crippen LogP contribution in [0.4, 0.5) is 5.88 Å².